The van der Waals surface area contributed by atoms with Crippen LogP contribution in [0.2, 0.25) is 0 Å². The molecule has 7 nitrogen and oxygen atoms in total. The van der Waals surface area contributed by atoms with Gasteiger partial charge in [-0.2, -0.15) is 4.98 Å². The summed E-state index contributed by atoms with van der Waals surface area (Å²) in [6.07, 6.45) is 6.78. The molecule has 0 aromatic carbocycles. The number of carbonyl (C=O) groups is 1. The van der Waals surface area contributed by atoms with Crippen molar-refractivity contribution < 1.29 is 9.32 Å². The summed E-state index contributed by atoms with van der Waals surface area (Å²) in [6, 6.07) is 9.17. The molecule has 0 aliphatic heterocycles. The summed E-state index contributed by atoms with van der Waals surface area (Å²) in [5.41, 5.74) is 0.663. The molecule has 3 aromatic heterocycles. The van der Waals surface area contributed by atoms with Gasteiger partial charge in [0.2, 0.25) is 17.6 Å². The first-order valence-electron chi connectivity index (χ1n) is 8.77. The Balaban J connectivity index is 1.55. The lowest BCUT2D eigenvalue weighted by Crippen LogP contribution is -2.34. The third kappa shape index (κ3) is 4.56. The average Bonchev–Trinajstić information content (AvgIpc) is 3.32. The summed E-state index contributed by atoms with van der Waals surface area (Å²) in [7, 11) is 0. The molecule has 26 heavy (non-hydrogen) atoms. The Bertz CT molecular complexity index is 812. The molecular weight excluding hydrogens is 330 g/mol. The summed E-state index contributed by atoms with van der Waals surface area (Å²) in [4.78, 5) is 21.1. The third-order valence-electron chi connectivity index (χ3n) is 3.98. The number of rotatable bonds is 8. The summed E-state index contributed by atoms with van der Waals surface area (Å²) in [5, 5.41) is 6.90. The highest BCUT2D eigenvalue weighted by Gasteiger charge is 2.20. The first-order chi connectivity index (χ1) is 12.6. The summed E-state index contributed by atoms with van der Waals surface area (Å²) >= 11 is 0. The highest BCUT2D eigenvalue weighted by atomic mass is 16.5. The number of nitrogens with one attached hydrogen (secondary N) is 1. The minimum atomic E-state index is -0.211. The van der Waals surface area contributed by atoms with Crippen LogP contribution in [-0.4, -0.2) is 32.1 Å². The van der Waals surface area contributed by atoms with Crippen molar-refractivity contribution >= 4 is 5.91 Å². The molecule has 136 valence electrons. The van der Waals surface area contributed by atoms with Gasteiger partial charge in [0.25, 0.3) is 0 Å². The van der Waals surface area contributed by atoms with E-state index in [4.69, 9.17) is 4.52 Å². The van der Waals surface area contributed by atoms with Crippen LogP contribution in [0.4, 0.5) is 0 Å². The number of carbonyl (C=O) groups excluding carboxylic acids is 1. The predicted molar refractivity (Wildman–Crippen MR) is 97.2 cm³/mol. The molecule has 1 atom stereocenters. The van der Waals surface area contributed by atoms with Crippen molar-refractivity contribution in [3.05, 3.63) is 54.8 Å². The van der Waals surface area contributed by atoms with Crippen LogP contribution >= 0.6 is 0 Å². The van der Waals surface area contributed by atoms with E-state index in [1.165, 1.54) is 0 Å². The van der Waals surface area contributed by atoms with Gasteiger partial charge in [-0.15, -0.1) is 0 Å². The normalized spacial score (nSPS) is 12.3. The maximum Gasteiger partial charge on any atom is 0.243 e. The van der Waals surface area contributed by atoms with Crippen molar-refractivity contribution in [1.29, 1.82) is 0 Å². The largest absolute Gasteiger partial charge is 0.354 e. The van der Waals surface area contributed by atoms with E-state index in [0.717, 1.165) is 6.42 Å². The van der Waals surface area contributed by atoms with Crippen molar-refractivity contribution in [2.75, 3.05) is 6.54 Å². The quantitative estimate of drug-likeness (QED) is 0.673. The number of hydrogen-bond donors (Lipinski definition) is 1. The van der Waals surface area contributed by atoms with E-state index in [9.17, 15) is 4.79 Å². The van der Waals surface area contributed by atoms with Crippen LogP contribution in [0.25, 0.3) is 11.5 Å². The van der Waals surface area contributed by atoms with E-state index in [-0.39, 0.29) is 11.9 Å². The standard InChI is InChI=1S/C19H23N5O2/c1-14(2)13-16(24-11-5-6-12-24)19(25)21-10-8-17-22-18(23-26-17)15-7-3-4-9-20-15/h3-7,9,11-12,14,16H,8,10,13H2,1-2H3,(H,21,25). The van der Waals surface area contributed by atoms with Gasteiger partial charge in [-0.3, -0.25) is 9.78 Å². The smallest absolute Gasteiger partial charge is 0.243 e. The van der Waals surface area contributed by atoms with E-state index in [0.29, 0.717) is 36.3 Å². The molecule has 0 radical (unpaired) electrons. The van der Waals surface area contributed by atoms with Gasteiger partial charge in [-0.05, 0) is 36.6 Å². The van der Waals surface area contributed by atoms with Crippen molar-refractivity contribution in [3.63, 3.8) is 0 Å². The average molecular weight is 353 g/mol. The van der Waals surface area contributed by atoms with Crippen LogP contribution in [0.5, 0.6) is 0 Å². The molecule has 0 saturated carbocycles. The second kappa shape index (κ2) is 8.42. The van der Waals surface area contributed by atoms with Gasteiger partial charge >= 0.3 is 0 Å². The first kappa shape index (κ1) is 17.8. The lowest BCUT2D eigenvalue weighted by Gasteiger charge is -2.20. The van der Waals surface area contributed by atoms with Gasteiger partial charge in [-0.25, -0.2) is 0 Å². The van der Waals surface area contributed by atoms with Gasteiger partial charge in [0.1, 0.15) is 11.7 Å². The number of amides is 1. The summed E-state index contributed by atoms with van der Waals surface area (Å²) in [5.74, 6) is 1.36. The van der Waals surface area contributed by atoms with Crippen molar-refractivity contribution in [3.8, 4) is 11.5 Å². The Morgan fingerprint density at radius 3 is 2.73 bits per heavy atom. The van der Waals surface area contributed by atoms with E-state index in [1.807, 2.05) is 47.3 Å². The van der Waals surface area contributed by atoms with E-state index in [2.05, 4.69) is 34.3 Å². The van der Waals surface area contributed by atoms with Crippen LogP contribution in [-0.2, 0) is 11.2 Å². The Morgan fingerprint density at radius 2 is 2.04 bits per heavy atom. The molecule has 0 spiro atoms. The number of aromatic nitrogens is 4. The Morgan fingerprint density at radius 1 is 1.23 bits per heavy atom. The molecule has 1 N–H and O–H groups in total. The lowest BCUT2D eigenvalue weighted by molar-refractivity contribution is -0.124. The second-order valence-electron chi connectivity index (χ2n) is 6.54. The summed E-state index contributed by atoms with van der Waals surface area (Å²) in [6.45, 7) is 4.67. The third-order valence-corrected chi connectivity index (χ3v) is 3.98. The predicted octanol–water partition coefficient (Wildman–Crippen LogP) is 2.88. The van der Waals surface area contributed by atoms with Gasteiger partial charge in [0.15, 0.2) is 0 Å². The Kier molecular flexibility index (Phi) is 5.78. The first-order valence-corrected chi connectivity index (χ1v) is 8.77. The number of hydrogen-bond acceptors (Lipinski definition) is 5. The molecule has 7 heteroatoms. The molecule has 3 rings (SSSR count). The molecule has 0 aliphatic rings. The van der Waals surface area contributed by atoms with Crippen molar-refractivity contribution in [2.45, 2.75) is 32.7 Å². The topological polar surface area (TPSA) is 85.8 Å². The van der Waals surface area contributed by atoms with E-state index < -0.39 is 0 Å². The zero-order valence-electron chi connectivity index (χ0n) is 15.0. The van der Waals surface area contributed by atoms with Gasteiger partial charge < -0.3 is 14.4 Å². The zero-order chi connectivity index (χ0) is 18.4. The molecule has 3 heterocycles. The number of nitrogens with zero attached hydrogens (tertiary/aromatic N) is 4. The minimum Gasteiger partial charge on any atom is -0.354 e. The Labute approximate surface area is 152 Å². The van der Waals surface area contributed by atoms with Crippen LogP contribution in [0.15, 0.2) is 53.4 Å². The molecule has 0 saturated heterocycles. The van der Waals surface area contributed by atoms with E-state index >= 15 is 0 Å². The molecule has 1 unspecified atom stereocenters. The van der Waals surface area contributed by atoms with E-state index in [1.54, 1.807) is 6.20 Å². The fraction of sp³-hybridized carbons (Fsp3) is 0.368. The summed E-state index contributed by atoms with van der Waals surface area (Å²) < 4.78 is 7.19. The second-order valence-corrected chi connectivity index (χ2v) is 6.54. The van der Waals surface area contributed by atoms with Crippen LogP contribution in [0, 0.1) is 5.92 Å². The monoisotopic (exact) mass is 353 g/mol. The molecule has 0 bridgehead atoms. The van der Waals surface area contributed by atoms with Gasteiger partial charge in [-0.1, -0.05) is 25.1 Å². The van der Waals surface area contributed by atoms with Crippen molar-refractivity contribution in [2.24, 2.45) is 5.92 Å². The highest BCUT2D eigenvalue weighted by Crippen LogP contribution is 2.18. The zero-order valence-corrected chi connectivity index (χ0v) is 15.0. The minimum absolute atomic E-state index is 0.000588. The van der Waals surface area contributed by atoms with Crippen LogP contribution in [0.1, 0.15) is 32.2 Å². The van der Waals surface area contributed by atoms with Crippen LogP contribution in [0.3, 0.4) is 0 Å². The fourth-order valence-corrected chi connectivity index (χ4v) is 2.73. The fourth-order valence-electron chi connectivity index (χ4n) is 2.73. The van der Waals surface area contributed by atoms with Gasteiger partial charge in [0.05, 0.1) is 0 Å². The van der Waals surface area contributed by atoms with Crippen molar-refractivity contribution in [1.82, 2.24) is 25.0 Å². The molecule has 0 fully saturated rings. The molecule has 0 aliphatic carbocycles. The molecule has 3 aromatic rings. The Hall–Kier alpha value is -2.96. The SMILES string of the molecule is CC(C)CC(C(=O)NCCc1nc(-c2ccccn2)no1)n1cccc1. The lowest BCUT2D eigenvalue weighted by atomic mass is 10.0. The maximum atomic E-state index is 12.6. The highest BCUT2D eigenvalue weighted by molar-refractivity contribution is 5.80. The number of pyridine rings is 1. The van der Waals surface area contributed by atoms with Crippen LogP contribution < -0.4 is 5.32 Å². The van der Waals surface area contributed by atoms with Gasteiger partial charge in [0, 0.05) is 31.6 Å². The maximum absolute atomic E-state index is 12.6. The molecule has 1 amide bonds. The molecular formula is C19H23N5O2.